The van der Waals surface area contributed by atoms with E-state index < -0.39 is 5.97 Å². The van der Waals surface area contributed by atoms with E-state index in [-0.39, 0.29) is 6.54 Å². The zero-order valence-corrected chi connectivity index (χ0v) is 8.76. The number of carboxylic acid groups (broad SMARTS) is 1. The minimum atomic E-state index is -0.834. The predicted octanol–water partition coefficient (Wildman–Crippen LogP) is 0.493. The molecule has 0 spiro atoms. The van der Waals surface area contributed by atoms with Gasteiger partial charge in [0.25, 0.3) is 0 Å². The summed E-state index contributed by atoms with van der Waals surface area (Å²) in [6.07, 6.45) is 3.39. The van der Waals surface area contributed by atoms with Gasteiger partial charge >= 0.3 is 5.97 Å². The third-order valence-electron chi connectivity index (χ3n) is 2.05. The average Bonchev–Trinajstić information content (AvgIpc) is 2.51. The number of aliphatic carboxylic acids is 1. The molecule has 15 heavy (non-hydrogen) atoms. The molecule has 0 aliphatic carbocycles. The lowest BCUT2D eigenvalue weighted by Gasteiger charge is -2.17. The van der Waals surface area contributed by atoms with Crippen molar-refractivity contribution in [1.82, 2.24) is 14.7 Å². The second kappa shape index (κ2) is 5.31. The van der Waals surface area contributed by atoms with E-state index in [0.717, 1.165) is 5.69 Å². The van der Waals surface area contributed by atoms with E-state index in [1.54, 1.807) is 21.9 Å². The maximum Gasteiger partial charge on any atom is 0.317 e. The van der Waals surface area contributed by atoms with Crippen LogP contribution in [0.1, 0.15) is 5.69 Å². The summed E-state index contributed by atoms with van der Waals surface area (Å²) in [4.78, 5) is 12.4. The van der Waals surface area contributed by atoms with E-state index in [1.807, 2.05) is 13.1 Å². The molecule has 82 valence electrons. The molecule has 1 rings (SSSR count). The Morgan fingerprint density at radius 2 is 2.53 bits per heavy atom. The molecule has 1 N–H and O–H groups in total. The summed E-state index contributed by atoms with van der Waals surface area (Å²) in [6, 6.07) is 1.87. The first-order valence-corrected chi connectivity index (χ1v) is 4.65. The Kier molecular flexibility index (Phi) is 4.05. The first-order chi connectivity index (χ1) is 7.13. The molecule has 5 nitrogen and oxygen atoms in total. The zero-order chi connectivity index (χ0) is 11.3. The molecule has 1 heterocycles. The van der Waals surface area contributed by atoms with Crippen LogP contribution in [0, 0.1) is 0 Å². The van der Waals surface area contributed by atoms with Gasteiger partial charge in [-0.2, -0.15) is 5.10 Å². The van der Waals surface area contributed by atoms with Gasteiger partial charge < -0.3 is 5.11 Å². The molecular formula is C10H15N3O2. The molecule has 0 unspecified atom stereocenters. The Balaban J connectivity index is 2.61. The molecule has 0 fully saturated rings. The van der Waals surface area contributed by atoms with Crippen LogP contribution in [0.4, 0.5) is 0 Å². The van der Waals surface area contributed by atoms with Crippen LogP contribution in [0.2, 0.25) is 0 Å². The van der Waals surface area contributed by atoms with E-state index in [0.29, 0.717) is 13.1 Å². The highest BCUT2D eigenvalue weighted by atomic mass is 16.4. The lowest BCUT2D eigenvalue weighted by molar-refractivity contribution is -0.138. The minimum Gasteiger partial charge on any atom is -0.480 e. The van der Waals surface area contributed by atoms with Gasteiger partial charge in [-0.25, -0.2) is 0 Å². The second-order valence-corrected chi connectivity index (χ2v) is 3.30. The quantitative estimate of drug-likeness (QED) is 0.693. The van der Waals surface area contributed by atoms with Gasteiger partial charge in [0, 0.05) is 26.3 Å². The molecule has 0 amide bonds. The van der Waals surface area contributed by atoms with Crippen molar-refractivity contribution in [2.75, 3.05) is 13.1 Å². The summed E-state index contributed by atoms with van der Waals surface area (Å²) in [5, 5.41) is 12.7. The van der Waals surface area contributed by atoms with Gasteiger partial charge in [-0.15, -0.1) is 6.58 Å². The fourth-order valence-electron chi connectivity index (χ4n) is 1.34. The highest BCUT2D eigenvalue weighted by Gasteiger charge is 2.10. The Bertz CT molecular complexity index is 346. The van der Waals surface area contributed by atoms with Crippen molar-refractivity contribution in [1.29, 1.82) is 0 Å². The molecule has 1 aromatic rings. The van der Waals surface area contributed by atoms with E-state index in [9.17, 15) is 4.79 Å². The second-order valence-electron chi connectivity index (χ2n) is 3.30. The van der Waals surface area contributed by atoms with Crippen LogP contribution in [0.15, 0.2) is 24.9 Å². The molecule has 0 aromatic carbocycles. The highest BCUT2D eigenvalue weighted by molar-refractivity contribution is 5.69. The molecule has 0 aliphatic rings. The van der Waals surface area contributed by atoms with Crippen molar-refractivity contribution in [2.45, 2.75) is 6.54 Å². The highest BCUT2D eigenvalue weighted by Crippen LogP contribution is 2.02. The summed E-state index contributed by atoms with van der Waals surface area (Å²) in [5.41, 5.74) is 0.984. The van der Waals surface area contributed by atoms with Crippen molar-refractivity contribution in [2.24, 2.45) is 7.05 Å². The Morgan fingerprint density at radius 1 is 1.80 bits per heavy atom. The lowest BCUT2D eigenvalue weighted by Crippen LogP contribution is -2.30. The van der Waals surface area contributed by atoms with Gasteiger partial charge in [-0.1, -0.05) is 6.08 Å². The number of hydrogen-bond donors (Lipinski definition) is 1. The number of carbonyl (C=O) groups is 1. The Labute approximate surface area is 88.6 Å². The predicted molar refractivity (Wildman–Crippen MR) is 56.3 cm³/mol. The van der Waals surface area contributed by atoms with Crippen molar-refractivity contribution in [3.8, 4) is 0 Å². The third kappa shape index (κ3) is 3.55. The maximum absolute atomic E-state index is 10.6. The number of rotatable bonds is 6. The number of nitrogens with zero attached hydrogens (tertiary/aromatic N) is 3. The van der Waals surface area contributed by atoms with Crippen molar-refractivity contribution in [3.05, 3.63) is 30.6 Å². The zero-order valence-electron chi connectivity index (χ0n) is 8.76. The molecule has 0 aliphatic heterocycles. The van der Waals surface area contributed by atoms with Crippen LogP contribution in [0.3, 0.4) is 0 Å². The molecule has 5 heteroatoms. The summed E-state index contributed by atoms with van der Waals surface area (Å²) in [5.74, 6) is -0.834. The maximum atomic E-state index is 10.6. The van der Waals surface area contributed by atoms with Crippen LogP contribution < -0.4 is 0 Å². The van der Waals surface area contributed by atoms with Crippen molar-refractivity contribution in [3.63, 3.8) is 0 Å². The van der Waals surface area contributed by atoms with Gasteiger partial charge in [0.1, 0.15) is 0 Å². The van der Waals surface area contributed by atoms with Gasteiger partial charge in [-0.3, -0.25) is 14.4 Å². The minimum absolute atomic E-state index is 0.0111. The van der Waals surface area contributed by atoms with Gasteiger partial charge in [0.15, 0.2) is 0 Å². The Hall–Kier alpha value is -1.62. The molecule has 1 aromatic heterocycles. The van der Waals surface area contributed by atoms with Crippen LogP contribution in [-0.4, -0.2) is 38.8 Å². The molecule has 0 saturated heterocycles. The summed E-state index contributed by atoms with van der Waals surface area (Å²) in [7, 11) is 1.84. The average molecular weight is 209 g/mol. The normalized spacial score (nSPS) is 10.5. The fourth-order valence-corrected chi connectivity index (χ4v) is 1.34. The molecule has 0 bridgehead atoms. The topological polar surface area (TPSA) is 58.4 Å². The summed E-state index contributed by atoms with van der Waals surface area (Å²) < 4.78 is 1.73. The van der Waals surface area contributed by atoms with Crippen molar-refractivity contribution >= 4 is 5.97 Å². The van der Waals surface area contributed by atoms with Crippen LogP contribution >= 0.6 is 0 Å². The first-order valence-electron chi connectivity index (χ1n) is 4.65. The third-order valence-corrected chi connectivity index (χ3v) is 2.05. The number of carboxylic acids is 1. The molecule has 0 radical (unpaired) electrons. The summed E-state index contributed by atoms with van der Waals surface area (Å²) >= 11 is 0. The summed E-state index contributed by atoms with van der Waals surface area (Å²) in [6.45, 7) is 4.73. The van der Waals surface area contributed by atoms with E-state index in [1.165, 1.54) is 0 Å². The Morgan fingerprint density at radius 3 is 3.00 bits per heavy atom. The van der Waals surface area contributed by atoms with E-state index in [4.69, 9.17) is 5.11 Å². The SMILES string of the molecule is C=CCN(CC(=O)O)Cc1ccnn1C. The number of aryl methyl sites for hydroxylation is 1. The van der Waals surface area contributed by atoms with Gasteiger partial charge in [0.05, 0.1) is 12.2 Å². The number of hydrogen-bond acceptors (Lipinski definition) is 3. The van der Waals surface area contributed by atoms with Gasteiger partial charge in [-0.05, 0) is 6.07 Å². The van der Waals surface area contributed by atoms with Crippen LogP contribution in [0.25, 0.3) is 0 Å². The van der Waals surface area contributed by atoms with Gasteiger partial charge in [0.2, 0.25) is 0 Å². The van der Waals surface area contributed by atoms with E-state index in [2.05, 4.69) is 11.7 Å². The molecular weight excluding hydrogens is 194 g/mol. The lowest BCUT2D eigenvalue weighted by atomic mass is 10.3. The molecule has 0 saturated carbocycles. The first kappa shape index (κ1) is 11.5. The van der Waals surface area contributed by atoms with Crippen LogP contribution in [-0.2, 0) is 18.4 Å². The standard InChI is InChI=1S/C10H15N3O2/c1-3-6-13(8-10(14)15)7-9-4-5-11-12(9)2/h3-5H,1,6-8H2,2H3,(H,14,15). The largest absolute Gasteiger partial charge is 0.480 e. The number of aromatic nitrogens is 2. The monoisotopic (exact) mass is 209 g/mol. The van der Waals surface area contributed by atoms with Crippen LogP contribution in [0.5, 0.6) is 0 Å². The smallest absolute Gasteiger partial charge is 0.317 e. The van der Waals surface area contributed by atoms with E-state index >= 15 is 0 Å². The fraction of sp³-hybridized carbons (Fsp3) is 0.400. The van der Waals surface area contributed by atoms with Crippen molar-refractivity contribution < 1.29 is 9.90 Å². The molecule has 0 atom stereocenters.